The largest absolute Gasteiger partial charge is 0.399 e. The van der Waals surface area contributed by atoms with Gasteiger partial charge in [0, 0.05) is 22.6 Å². The van der Waals surface area contributed by atoms with Crippen molar-refractivity contribution in [1.29, 1.82) is 0 Å². The number of anilines is 3. The molecule has 19 heavy (non-hydrogen) atoms. The molecule has 0 fully saturated rings. The van der Waals surface area contributed by atoms with Gasteiger partial charge in [-0.3, -0.25) is 0 Å². The van der Waals surface area contributed by atoms with Crippen LogP contribution in [0.4, 0.5) is 17.1 Å². The highest BCUT2D eigenvalue weighted by atomic mass is 14.6. The molecule has 0 spiro atoms. The Labute approximate surface area is 114 Å². The lowest BCUT2D eigenvalue weighted by Crippen LogP contribution is -2.02. The monoisotopic (exact) mass is 255 g/mol. The van der Waals surface area contributed by atoms with Crippen LogP contribution in [0, 0.1) is 0 Å². The Kier molecular flexibility index (Phi) is 3.65. The minimum atomic E-state index is 0.759. The topological polar surface area (TPSA) is 78.1 Å². The summed E-state index contributed by atoms with van der Waals surface area (Å²) in [5, 5.41) is 0. The molecule has 2 aromatic rings. The van der Waals surface area contributed by atoms with Gasteiger partial charge in [-0.1, -0.05) is 26.0 Å². The highest BCUT2D eigenvalue weighted by molar-refractivity contribution is 5.83. The molecule has 0 bridgehead atoms. The number of nitrogen functional groups attached to an aromatic ring is 3. The van der Waals surface area contributed by atoms with Crippen molar-refractivity contribution in [1.82, 2.24) is 0 Å². The summed E-state index contributed by atoms with van der Waals surface area (Å²) in [5.74, 6) is 0. The van der Waals surface area contributed by atoms with Crippen molar-refractivity contribution < 1.29 is 0 Å². The molecule has 0 amide bonds. The first-order valence-electron chi connectivity index (χ1n) is 6.64. The van der Waals surface area contributed by atoms with Crippen LogP contribution in [0.25, 0.3) is 11.1 Å². The highest BCUT2D eigenvalue weighted by Crippen LogP contribution is 2.33. The van der Waals surface area contributed by atoms with Gasteiger partial charge in [0.25, 0.3) is 0 Å². The van der Waals surface area contributed by atoms with Crippen molar-refractivity contribution in [3.63, 3.8) is 0 Å². The van der Waals surface area contributed by atoms with Crippen LogP contribution in [0.15, 0.2) is 30.3 Å². The Morgan fingerprint density at radius 1 is 0.842 bits per heavy atom. The van der Waals surface area contributed by atoms with Gasteiger partial charge in [-0.25, -0.2) is 0 Å². The van der Waals surface area contributed by atoms with E-state index < -0.39 is 0 Å². The van der Waals surface area contributed by atoms with Crippen LogP contribution >= 0.6 is 0 Å². The van der Waals surface area contributed by atoms with E-state index in [9.17, 15) is 0 Å². The van der Waals surface area contributed by atoms with Gasteiger partial charge in [0.2, 0.25) is 0 Å². The van der Waals surface area contributed by atoms with Gasteiger partial charge in [0.15, 0.2) is 0 Å². The van der Waals surface area contributed by atoms with E-state index in [4.69, 9.17) is 17.2 Å². The molecular formula is C16H21N3. The number of aryl methyl sites for hydroxylation is 1. The summed E-state index contributed by atoms with van der Waals surface area (Å²) < 4.78 is 0. The molecule has 0 saturated heterocycles. The molecular weight excluding hydrogens is 234 g/mol. The summed E-state index contributed by atoms with van der Waals surface area (Å²) in [4.78, 5) is 0. The van der Waals surface area contributed by atoms with Gasteiger partial charge in [0.1, 0.15) is 0 Å². The number of rotatable bonds is 3. The second-order valence-electron chi connectivity index (χ2n) is 4.72. The maximum Gasteiger partial charge on any atom is 0.0446 e. The number of nitrogens with two attached hydrogens (primary N) is 3. The van der Waals surface area contributed by atoms with Crippen molar-refractivity contribution >= 4 is 17.1 Å². The van der Waals surface area contributed by atoms with E-state index in [1.54, 1.807) is 0 Å². The Hall–Kier alpha value is -2.16. The fourth-order valence-electron chi connectivity index (χ4n) is 2.41. The van der Waals surface area contributed by atoms with Crippen LogP contribution in [0.2, 0.25) is 0 Å². The molecule has 2 aromatic carbocycles. The zero-order valence-corrected chi connectivity index (χ0v) is 11.5. The lowest BCUT2D eigenvalue weighted by atomic mass is 9.95. The van der Waals surface area contributed by atoms with E-state index in [1.807, 2.05) is 24.3 Å². The van der Waals surface area contributed by atoms with Crippen molar-refractivity contribution in [2.45, 2.75) is 26.7 Å². The first-order chi connectivity index (χ1) is 9.08. The van der Waals surface area contributed by atoms with Gasteiger partial charge in [-0.15, -0.1) is 0 Å². The quantitative estimate of drug-likeness (QED) is 0.737. The van der Waals surface area contributed by atoms with E-state index in [-0.39, 0.29) is 0 Å². The maximum absolute atomic E-state index is 6.25. The van der Waals surface area contributed by atoms with Crippen molar-refractivity contribution in [2.24, 2.45) is 0 Å². The lowest BCUT2D eigenvalue weighted by molar-refractivity contribution is 1.14. The molecule has 0 heterocycles. The second kappa shape index (κ2) is 5.22. The Morgan fingerprint density at radius 3 is 2.16 bits per heavy atom. The van der Waals surface area contributed by atoms with Gasteiger partial charge in [0.05, 0.1) is 0 Å². The number of hydrogen-bond donors (Lipinski definition) is 3. The van der Waals surface area contributed by atoms with E-state index >= 15 is 0 Å². The Balaban J connectivity index is 2.59. The Morgan fingerprint density at radius 2 is 1.53 bits per heavy atom. The molecule has 0 aliphatic heterocycles. The standard InChI is InChI=1S/C16H21N3/c1-3-10-9-11(5-7-14(10)17)13-6-8-15(18)12(4-2)16(13)19/h5-9H,3-4,17-19H2,1-2H3. The SMILES string of the molecule is CCc1cc(-c2ccc(N)c(CC)c2N)ccc1N. The maximum atomic E-state index is 6.25. The highest BCUT2D eigenvalue weighted by Gasteiger charge is 2.10. The minimum Gasteiger partial charge on any atom is -0.399 e. The fraction of sp³-hybridized carbons (Fsp3) is 0.250. The molecule has 2 rings (SSSR count). The first-order valence-corrected chi connectivity index (χ1v) is 6.64. The number of hydrogen-bond acceptors (Lipinski definition) is 3. The summed E-state index contributed by atoms with van der Waals surface area (Å²) in [6.45, 7) is 4.16. The molecule has 0 aliphatic carbocycles. The molecule has 0 aliphatic rings. The van der Waals surface area contributed by atoms with Gasteiger partial charge < -0.3 is 17.2 Å². The average molecular weight is 255 g/mol. The molecule has 0 unspecified atom stereocenters. The Bertz CT molecular complexity index is 603. The van der Waals surface area contributed by atoms with E-state index in [0.717, 1.165) is 52.2 Å². The van der Waals surface area contributed by atoms with E-state index in [0.29, 0.717) is 0 Å². The molecule has 6 N–H and O–H groups in total. The van der Waals surface area contributed by atoms with E-state index in [2.05, 4.69) is 19.9 Å². The molecule has 100 valence electrons. The van der Waals surface area contributed by atoms with Gasteiger partial charge in [-0.05, 0) is 47.7 Å². The van der Waals surface area contributed by atoms with Crippen molar-refractivity contribution in [3.05, 3.63) is 41.5 Å². The van der Waals surface area contributed by atoms with Crippen molar-refractivity contribution in [3.8, 4) is 11.1 Å². The smallest absolute Gasteiger partial charge is 0.0446 e. The van der Waals surface area contributed by atoms with Crippen molar-refractivity contribution in [2.75, 3.05) is 17.2 Å². The number of benzene rings is 2. The fourth-order valence-corrected chi connectivity index (χ4v) is 2.41. The summed E-state index contributed by atoms with van der Waals surface area (Å²) in [6.07, 6.45) is 1.75. The van der Waals surface area contributed by atoms with Crippen LogP contribution in [0.1, 0.15) is 25.0 Å². The average Bonchev–Trinajstić information content (AvgIpc) is 2.40. The van der Waals surface area contributed by atoms with Crippen LogP contribution < -0.4 is 17.2 Å². The summed E-state index contributed by atoms with van der Waals surface area (Å²) in [5.41, 5.74) is 24.8. The van der Waals surface area contributed by atoms with Crippen LogP contribution in [0.5, 0.6) is 0 Å². The molecule has 0 radical (unpaired) electrons. The van der Waals surface area contributed by atoms with Crippen LogP contribution in [-0.2, 0) is 12.8 Å². The molecule has 0 atom stereocenters. The minimum absolute atomic E-state index is 0.759. The van der Waals surface area contributed by atoms with Crippen LogP contribution in [-0.4, -0.2) is 0 Å². The summed E-state index contributed by atoms with van der Waals surface area (Å²) in [6, 6.07) is 9.96. The predicted molar refractivity (Wildman–Crippen MR) is 83.9 cm³/mol. The van der Waals surface area contributed by atoms with Gasteiger partial charge >= 0.3 is 0 Å². The third kappa shape index (κ3) is 2.36. The summed E-state index contributed by atoms with van der Waals surface area (Å²) in [7, 11) is 0. The zero-order chi connectivity index (χ0) is 14.0. The van der Waals surface area contributed by atoms with E-state index in [1.165, 1.54) is 0 Å². The molecule has 3 nitrogen and oxygen atoms in total. The molecule has 0 aromatic heterocycles. The normalized spacial score (nSPS) is 10.6. The third-order valence-electron chi connectivity index (χ3n) is 3.58. The lowest BCUT2D eigenvalue weighted by Gasteiger charge is -2.14. The van der Waals surface area contributed by atoms with Crippen LogP contribution in [0.3, 0.4) is 0 Å². The van der Waals surface area contributed by atoms with Gasteiger partial charge in [-0.2, -0.15) is 0 Å². The predicted octanol–water partition coefficient (Wildman–Crippen LogP) is 3.22. The second-order valence-corrected chi connectivity index (χ2v) is 4.72. The zero-order valence-electron chi connectivity index (χ0n) is 11.5. The summed E-state index contributed by atoms with van der Waals surface area (Å²) >= 11 is 0. The molecule has 0 saturated carbocycles. The third-order valence-corrected chi connectivity index (χ3v) is 3.58. The first kappa shape index (κ1) is 13.3. The molecule has 3 heteroatoms.